The summed E-state index contributed by atoms with van der Waals surface area (Å²) in [5, 5.41) is 0. The summed E-state index contributed by atoms with van der Waals surface area (Å²) < 4.78 is 47.0. The Labute approximate surface area is 48.8 Å². The number of rotatable bonds is 1. The Bertz CT molecular complexity index is 130. The van der Waals surface area contributed by atoms with Gasteiger partial charge in [-0.25, -0.2) is 0 Å². The lowest BCUT2D eigenvalue weighted by molar-refractivity contribution is 0.932. The smallest absolute Gasteiger partial charge is 0.0425 e. The fourth-order valence-corrected chi connectivity index (χ4v) is 0. The van der Waals surface area contributed by atoms with Gasteiger partial charge in [0.25, 0.3) is 0 Å². The van der Waals surface area contributed by atoms with Crippen molar-refractivity contribution in [1.82, 2.24) is 0 Å². The van der Waals surface area contributed by atoms with Gasteiger partial charge in [0.15, 0.2) is 0 Å². The van der Waals surface area contributed by atoms with Gasteiger partial charge in [-0.1, -0.05) is 6.85 Å². The molecule has 0 aliphatic rings. The maximum atomic E-state index is 6.83. The molecule has 0 spiro atoms. The molecule has 1 nitrogen and oxygen atoms in total. The van der Waals surface area contributed by atoms with Gasteiger partial charge in [-0.2, -0.15) is 0 Å². The first-order chi connectivity index (χ1) is 4.50. The van der Waals surface area contributed by atoms with E-state index >= 15 is 0 Å². The van der Waals surface area contributed by atoms with Crippen LogP contribution < -0.4 is 5.73 Å². The molecule has 2 N–H and O–H groups in total. The quantitative estimate of drug-likeness (QED) is 0.520. The molecule has 0 aromatic rings. The van der Waals surface area contributed by atoms with Gasteiger partial charge in [0.2, 0.25) is 0 Å². The van der Waals surface area contributed by atoms with Crippen LogP contribution in [-0.2, 0) is 0 Å². The first-order valence-electron chi connectivity index (χ1n) is 4.29. The van der Waals surface area contributed by atoms with Crippen LogP contribution in [0.5, 0.6) is 0 Å². The van der Waals surface area contributed by atoms with Crippen LogP contribution in [-0.4, -0.2) is 6.50 Å². The Kier molecular flexibility index (Phi) is 1.60. The van der Waals surface area contributed by atoms with Gasteiger partial charge >= 0.3 is 0 Å². The minimum atomic E-state index is -3.04. The summed E-state index contributed by atoms with van der Waals surface area (Å²) in [7, 11) is 0. The molecule has 34 valence electrons. The van der Waals surface area contributed by atoms with E-state index in [2.05, 4.69) is 0 Å². The molecule has 0 atom stereocenters. The van der Waals surface area contributed by atoms with Gasteiger partial charge in [-0.05, 0) is 12.9 Å². The number of hydrogen-bond donors (Lipinski definition) is 1. The Hall–Kier alpha value is 0.250. The zero-order valence-corrected chi connectivity index (χ0v) is 3.30. The van der Waals surface area contributed by atoms with Crippen molar-refractivity contribution >= 4 is 12.4 Å². The summed E-state index contributed by atoms with van der Waals surface area (Å²) in [6.07, 6.45) is -3.01. The molecule has 0 aliphatic heterocycles. The van der Waals surface area contributed by atoms with Crippen LogP contribution in [0.3, 0.4) is 0 Å². The molecule has 0 aliphatic carbocycles. The second-order valence-corrected chi connectivity index (χ2v) is 0.269. The molecule has 0 bridgehead atoms. The van der Waals surface area contributed by atoms with Crippen molar-refractivity contribution in [2.24, 2.45) is 5.73 Å². The van der Waals surface area contributed by atoms with Crippen LogP contribution in [0.1, 0.15) is 22.8 Å². The highest BCUT2D eigenvalue weighted by Gasteiger charge is 1.55. The van der Waals surface area contributed by atoms with E-state index in [1.54, 1.807) is 0 Å². The van der Waals surface area contributed by atoms with Gasteiger partial charge in [0.05, 0.1) is 0 Å². The molecule has 0 aromatic heterocycles. The Balaban J connectivity index is 0. The molecule has 0 fully saturated rings. The highest BCUT2D eigenvalue weighted by atomic mass is 35.5. The zero-order valence-electron chi connectivity index (χ0n) is 9.49. The Morgan fingerprint density at radius 3 is 2.80 bits per heavy atom. The summed E-state index contributed by atoms with van der Waals surface area (Å²) in [6, 6.07) is 0. The summed E-state index contributed by atoms with van der Waals surface area (Å²) in [5.74, 6) is 0. The van der Waals surface area contributed by atoms with Gasteiger partial charge in [0.1, 0.15) is 0 Å². The van der Waals surface area contributed by atoms with Crippen LogP contribution in [0.4, 0.5) is 0 Å². The van der Waals surface area contributed by atoms with E-state index in [9.17, 15) is 0 Å². The van der Waals surface area contributed by atoms with Crippen molar-refractivity contribution < 1.29 is 9.60 Å². The average molecular weight is 103 g/mol. The van der Waals surface area contributed by atoms with Gasteiger partial charge in [-0.15, -0.1) is 12.4 Å². The topological polar surface area (TPSA) is 26.0 Å². The largest absolute Gasteiger partial charge is 0.330 e. The van der Waals surface area contributed by atoms with Crippen LogP contribution in [0, 0.1) is 0 Å². The number of hydrogen-bond acceptors (Lipinski definition) is 1. The van der Waals surface area contributed by atoms with Crippen LogP contribution >= 0.6 is 12.4 Å². The highest BCUT2D eigenvalue weighted by Crippen LogP contribution is 1.57. The monoisotopic (exact) mass is 102 g/mol. The van der Waals surface area contributed by atoms with E-state index in [-0.39, 0.29) is 12.4 Å². The predicted octanol–water partition coefficient (Wildman–Crippen LogP) is 0.777. The van der Waals surface area contributed by atoms with E-state index in [4.69, 9.17) is 15.3 Å². The SMILES string of the molecule is Cl.[2H]C([2H])([2H])C([2H])([2H])C([2H])([2H])N. The molecule has 0 aromatic carbocycles. The molecular weight excluding hydrogens is 85.5 g/mol. The summed E-state index contributed by atoms with van der Waals surface area (Å²) in [4.78, 5) is 0. The van der Waals surface area contributed by atoms with Crippen molar-refractivity contribution in [2.75, 3.05) is 6.50 Å². The Morgan fingerprint density at radius 2 is 2.80 bits per heavy atom. The summed E-state index contributed by atoms with van der Waals surface area (Å²) >= 11 is 0. The molecule has 0 amide bonds. The van der Waals surface area contributed by atoms with E-state index < -0.39 is 19.7 Å². The van der Waals surface area contributed by atoms with Gasteiger partial charge in [-0.3, -0.25) is 0 Å². The first-order valence-corrected chi connectivity index (χ1v) is 0.789. The molecule has 5 heavy (non-hydrogen) atoms. The number of halogens is 1. The maximum absolute atomic E-state index is 6.83. The van der Waals surface area contributed by atoms with Crippen molar-refractivity contribution in [3.8, 4) is 0 Å². The normalized spacial score (nSPS) is 35.0. The first kappa shape index (κ1) is 0.903. The maximum Gasteiger partial charge on any atom is 0.0425 e. The molecular formula is C3H10ClN. The van der Waals surface area contributed by atoms with Crippen molar-refractivity contribution in [1.29, 1.82) is 0 Å². The Morgan fingerprint density at radius 1 is 2.20 bits per heavy atom. The molecule has 0 saturated carbocycles. The second kappa shape index (κ2) is 8.87. The van der Waals surface area contributed by atoms with Crippen molar-refractivity contribution in [3.05, 3.63) is 0 Å². The molecule has 0 rings (SSSR count). The van der Waals surface area contributed by atoms with Gasteiger partial charge < -0.3 is 5.73 Å². The van der Waals surface area contributed by atoms with E-state index in [1.807, 2.05) is 0 Å². The molecule has 0 unspecified atom stereocenters. The lowest BCUT2D eigenvalue weighted by Gasteiger charge is -1.70. The fourth-order valence-electron chi connectivity index (χ4n) is 0. The molecule has 2 heteroatoms. The van der Waals surface area contributed by atoms with Crippen molar-refractivity contribution in [3.63, 3.8) is 0 Å². The van der Waals surface area contributed by atoms with Crippen molar-refractivity contribution in [2.45, 2.75) is 13.2 Å². The molecule has 0 heterocycles. The summed E-state index contributed by atoms with van der Waals surface area (Å²) in [5.41, 5.74) is 4.70. The van der Waals surface area contributed by atoms with Crippen LogP contribution in [0.25, 0.3) is 0 Å². The average Bonchev–Trinajstić information content (AvgIpc) is 1.58. The third kappa shape index (κ3) is 13.8. The predicted molar refractivity (Wildman–Crippen MR) is 26.6 cm³/mol. The molecule has 0 radical (unpaired) electrons. The molecule has 0 saturated heterocycles. The number of nitrogens with two attached hydrogens (primary N) is 1. The minimum Gasteiger partial charge on any atom is -0.330 e. The van der Waals surface area contributed by atoms with E-state index in [1.165, 1.54) is 0 Å². The third-order valence-electron chi connectivity index (χ3n) is 0.0722. The minimum absolute atomic E-state index is 0. The van der Waals surface area contributed by atoms with Gasteiger partial charge in [0, 0.05) is 9.60 Å². The lowest BCUT2D eigenvalue weighted by atomic mass is 10.5. The second-order valence-electron chi connectivity index (χ2n) is 0.269. The zero-order chi connectivity index (χ0) is 9.50. The lowest BCUT2D eigenvalue weighted by Crippen LogP contribution is -1.93. The standard InChI is InChI=1S/C3H9N.ClH/c1-2-3-4;/h2-4H2,1H3;1H/i1D3,2D2,3D2;. The van der Waals surface area contributed by atoms with Crippen LogP contribution in [0.15, 0.2) is 0 Å². The highest BCUT2D eigenvalue weighted by molar-refractivity contribution is 5.85. The van der Waals surface area contributed by atoms with Crippen LogP contribution in [0.2, 0.25) is 0 Å². The third-order valence-corrected chi connectivity index (χ3v) is 0.0722. The van der Waals surface area contributed by atoms with E-state index in [0.29, 0.717) is 0 Å². The van der Waals surface area contributed by atoms with E-state index in [0.717, 1.165) is 0 Å². The fraction of sp³-hybridized carbons (Fsp3) is 1.00. The summed E-state index contributed by atoms with van der Waals surface area (Å²) in [6.45, 7) is -5.89.